The van der Waals surface area contributed by atoms with Crippen LogP contribution >= 0.6 is 0 Å². The Morgan fingerprint density at radius 2 is 1.64 bits per heavy atom. The van der Waals surface area contributed by atoms with Crippen molar-refractivity contribution in [3.8, 4) is 0 Å². The summed E-state index contributed by atoms with van der Waals surface area (Å²) in [5, 5.41) is 7.93. The van der Waals surface area contributed by atoms with Crippen molar-refractivity contribution < 1.29 is 8.60 Å². The SMILES string of the molecule is CC(c1cccc(F)c1C1CCCCCCCC1)S(=O)(=C1CC1)c1ccc2c(c1)CCC2=N. The smallest absolute Gasteiger partial charge is 0.126 e. The van der Waals surface area contributed by atoms with E-state index in [1.165, 1.54) is 25.7 Å². The van der Waals surface area contributed by atoms with Crippen LogP contribution in [0.1, 0.15) is 111 Å². The molecule has 3 aliphatic carbocycles. The van der Waals surface area contributed by atoms with Crippen LogP contribution in [-0.4, -0.2) is 14.8 Å². The first-order valence-electron chi connectivity index (χ1n) is 12.9. The molecule has 3 aliphatic rings. The van der Waals surface area contributed by atoms with E-state index >= 15 is 4.39 Å². The van der Waals surface area contributed by atoms with Crippen LogP contribution in [0.15, 0.2) is 41.3 Å². The fourth-order valence-electron chi connectivity index (χ4n) is 6.07. The molecule has 0 spiro atoms. The second-order valence-electron chi connectivity index (χ2n) is 10.2. The van der Waals surface area contributed by atoms with Gasteiger partial charge in [0, 0.05) is 20.1 Å². The van der Waals surface area contributed by atoms with Crippen molar-refractivity contribution in [1.82, 2.24) is 0 Å². The zero-order valence-electron chi connectivity index (χ0n) is 19.8. The Morgan fingerprint density at radius 1 is 0.939 bits per heavy atom. The van der Waals surface area contributed by atoms with Crippen molar-refractivity contribution in [1.29, 1.82) is 5.41 Å². The van der Waals surface area contributed by atoms with Gasteiger partial charge in [0.15, 0.2) is 0 Å². The lowest BCUT2D eigenvalue weighted by atomic mass is 9.85. The highest BCUT2D eigenvalue weighted by Crippen LogP contribution is 2.43. The lowest BCUT2D eigenvalue weighted by Gasteiger charge is -2.27. The molecule has 2 aromatic rings. The number of fused-ring (bicyclic) bond motifs is 1. The molecular weight excluding hydrogens is 429 g/mol. The van der Waals surface area contributed by atoms with Crippen molar-refractivity contribution >= 4 is 20.1 Å². The standard InChI is InChI=1S/C29H36FNOS/c1-20(25-11-8-12-27(30)29(25)21-9-6-4-2-3-5-7-10-21)33(32,23-14-15-23)24-16-17-26-22(19-24)13-18-28(26)31/h8,11-12,16-17,19-21,31H,2-7,9-10,13-15,18H2,1H3. The largest absolute Gasteiger partial charge is 0.305 e. The molecule has 1 N–H and O–H groups in total. The lowest BCUT2D eigenvalue weighted by molar-refractivity contribution is 0.501. The molecule has 33 heavy (non-hydrogen) atoms. The number of rotatable bonds is 4. The fraction of sp³-hybridized carbons (Fsp3) is 0.517. The zero-order chi connectivity index (χ0) is 23.0. The first-order chi connectivity index (χ1) is 16.0. The number of nitrogens with one attached hydrogen (secondary N) is 1. The molecule has 0 aromatic heterocycles. The Bertz CT molecular complexity index is 1170. The van der Waals surface area contributed by atoms with E-state index in [1.54, 1.807) is 12.1 Å². The Hall–Kier alpha value is -1.94. The molecule has 176 valence electrons. The summed E-state index contributed by atoms with van der Waals surface area (Å²) in [6, 6.07) is 11.5. The topological polar surface area (TPSA) is 40.9 Å². The molecule has 2 unspecified atom stereocenters. The van der Waals surface area contributed by atoms with Crippen LogP contribution in [0.25, 0.3) is 0 Å². The van der Waals surface area contributed by atoms with Crippen molar-refractivity contribution in [2.24, 2.45) is 0 Å². The van der Waals surface area contributed by atoms with Gasteiger partial charge in [-0.15, -0.1) is 0 Å². The predicted molar refractivity (Wildman–Crippen MR) is 137 cm³/mol. The minimum atomic E-state index is -2.47. The van der Waals surface area contributed by atoms with Crippen LogP contribution in [0.4, 0.5) is 4.39 Å². The Morgan fingerprint density at radius 3 is 2.33 bits per heavy atom. The highest BCUT2D eigenvalue weighted by atomic mass is 32.2. The maximum absolute atomic E-state index is 15.4. The average molecular weight is 466 g/mol. The van der Waals surface area contributed by atoms with Crippen molar-refractivity contribution in [3.63, 3.8) is 0 Å². The van der Waals surface area contributed by atoms with Gasteiger partial charge in [0.05, 0.1) is 5.25 Å². The van der Waals surface area contributed by atoms with Gasteiger partial charge in [-0.1, -0.05) is 56.7 Å². The van der Waals surface area contributed by atoms with E-state index < -0.39 is 9.52 Å². The van der Waals surface area contributed by atoms with Gasteiger partial charge in [0.25, 0.3) is 0 Å². The van der Waals surface area contributed by atoms with Gasteiger partial charge >= 0.3 is 0 Å². The van der Waals surface area contributed by atoms with Crippen LogP contribution < -0.4 is 0 Å². The van der Waals surface area contributed by atoms with E-state index in [2.05, 4.69) is 13.0 Å². The third-order valence-electron chi connectivity index (χ3n) is 8.07. The van der Waals surface area contributed by atoms with Gasteiger partial charge in [-0.2, -0.15) is 0 Å². The van der Waals surface area contributed by atoms with E-state index in [0.717, 1.165) is 83.4 Å². The molecule has 4 heteroatoms. The molecule has 0 heterocycles. The number of halogens is 1. The first-order valence-corrected chi connectivity index (χ1v) is 14.5. The fourth-order valence-corrected chi connectivity index (χ4v) is 9.17. The summed E-state index contributed by atoms with van der Waals surface area (Å²) >= 11 is 0. The predicted octanol–water partition coefficient (Wildman–Crippen LogP) is 7.73. The van der Waals surface area contributed by atoms with Crippen molar-refractivity contribution in [2.45, 2.75) is 100 Å². The van der Waals surface area contributed by atoms with Crippen molar-refractivity contribution in [2.75, 3.05) is 0 Å². The normalized spacial score (nSPS) is 22.1. The van der Waals surface area contributed by atoms with Crippen LogP contribution in [0, 0.1) is 11.2 Å². The van der Waals surface area contributed by atoms with E-state index in [0.29, 0.717) is 5.71 Å². The summed E-state index contributed by atoms with van der Waals surface area (Å²) in [7, 11) is -2.47. The summed E-state index contributed by atoms with van der Waals surface area (Å²) in [6.45, 7) is 2.07. The molecule has 0 saturated heterocycles. The molecule has 2 saturated carbocycles. The molecule has 0 amide bonds. The number of benzene rings is 2. The molecule has 2 nitrogen and oxygen atoms in total. The van der Waals surface area contributed by atoms with Gasteiger partial charge in [0.1, 0.15) is 5.82 Å². The number of aryl methyl sites for hydroxylation is 1. The third kappa shape index (κ3) is 4.32. The maximum atomic E-state index is 15.4. The van der Waals surface area contributed by atoms with Gasteiger partial charge in [0.2, 0.25) is 0 Å². The van der Waals surface area contributed by atoms with E-state index in [1.807, 2.05) is 18.2 Å². The Balaban J connectivity index is 1.58. The molecule has 0 aliphatic heterocycles. The van der Waals surface area contributed by atoms with E-state index in [-0.39, 0.29) is 17.0 Å². The number of hydrogen-bond donors (Lipinski definition) is 1. The highest BCUT2D eigenvalue weighted by molar-refractivity contribution is 8.03. The maximum Gasteiger partial charge on any atom is 0.126 e. The summed E-state index contributed by atoms with van der Waals surface area (Å²) in [5.74, 6) is 0.101. The lowest BCUT2D eigenvalue weighted by Crippen LogP contribution is -2.18. The van der Waals surface area contributed by atoms with Crippen LogP contribution in [0.3, 0.4) is 0 Å². The summed E-state index contributed by atoms with van der Waals surface area (Å²) in [5.41, 5.74) is 4.63. The zero-order valence-corrected chi connectivity index (χ0v) is 20.6. The Labute approximate surface area is 198 Å². The minimum absolute atomic E-state index is 0.117. The average Bonchev–Trinajstić information content (AvgIpc) is 3.59. The molecular formula is C29H36FNOS. The molecule has 2 atom stereocenters. The second kappa shape index (κ2) is 9.37. The van der Waals surface area contributed by atoms with Crippen LogP contribution in [-0.2, 0) is 15.9 Å². The monoisotopic (exact) mass is 465 g/mol. The van der Waals surface area contributed by atoms with Crippen LogP contribution in [0.2, 0.25) is 0 Å². The first kappa shape index (κ1) is 22.8. The Kier molecular flexibility index (Phi) is 6.48. The quantitative estimate of drug-likeness (QED) is 0.461. The van der Waals surface area contributed by atoms with E-state index in [9.17, 15) is 4.21 Å². The van der Waals surface area contributed by atoms with Gasteiger partial charge in [-0.3, -0.25) is 4.21 Å². The van der Waals surface area contributed by atoms with Gasteiger partial charge < -0.3 is 5.41 Å². The molecule has 0 bridgehead atoms. The van der Waals surface area contributed by atoms with Gasteiger partial charge in [-0.05, 0) is 96.7 Å². The summed E-state index contributed by atoms with van der Waals surface area (Å²) in [6.07, 6.45) is 12.8. The third-order valence-corrected chi connectivity index (χ3v) is 11.5. The highest BCUT2D eigenvalue weighted by Gasteiger charge is 2.35. The molecule has 5 rings (SSSR count). The number of hydrogen-bond acceptors (Lipinski definition) is 2. The molecule has 2 aromatic carbocycles. The van der Waals surface area contributed by atoms with Crippen molar-refractivity contribution in [3.05, 3.63) is 64.5 Å². The van der Waals surface area contributed by atoms with Crippen LogP contribution in [0.5, 0.6) is 0 Å². The van der Waals surface area contributed by atoms with E-state index in [4.69, 9.17) is 5.41 Å². The second-order valence-corrected chi connectivity index (χ2v) is 13.2. The summed E-state index contributed by atoms with van der Waals surface area (Å²) in [4.78, 5) is 2.02. The summed E-state index contributed by atoms with van der Waals surface area (Å²) < 4.78 is 30.3. The molecule has 0 radical (unpaired) electrons. The minimum Gasteiger partial charge on any atom is -0.305 e. The molecule has 2 fully saturated rings. The van der Waals surface area contributed by atoms with Gasteiger partial charge in [-0.25, -0.2) is 4.39 Å².